The zero-order valence-corrected chi connectivity index (χ0v) is 28.4. The predicted molar refractivity (Wildman–Crippen MR) is 184 cm³/mol. The Bertz CT molecular complexity index is 1330. The SMILES string of the molecule is CC1=C(/C=C/C(C)=C/C=C/C(C)=C/C=C/C=C(C)/C=C/C=C(C)/C=C/[C@]23O[C@@]2(C)C[C@H](O)CC3(C)C)C(C)(C)C[C@@H](O)C1. The third kappa shape index (κ3) is 8.91. The van der Waals surface area contributed by atoms with Crippen LogP contribution in [0.3, 0.4) is 0 Å². The molecule has 2 aliphatic carbocycles. The normalized spacial score (nSPS) is 32.3. The summed E-state index contributed by atoms with van der Waals surface area (Å²) in [6.07, 6.45) is 32.3. The Labute approximate surface area is 262 Å². The molecule has 0 unspecified atom stereocenters. The number of hydrogen-bond acceptors (Lipinski definition) is 3. The first-order valence-electron chi connectivity index (χ1n) is 15.9. The van der Waals surface area contributed by atoms with Crippen molar-refractivity contribution in [1.82, 2.24) is 0 Å². The molecule has 0 bridgehead atoms. The van der Waals surface area contributed by atoms with Gasteiger partial charge in [-0.1, -0.05) is 135 Å². The van der Waals surface area contributed by atoms with Crippen molar-refractivity contribution in [3.63, 3.8) is 0 Å². The molecule has 234 valence electrons. The van der Waals surface area contributed by atoms with Crippen LogP contribution < -0.4 is 0 Å². The van der Waals surface area contributed by atoms with Crippen molar-refractivity contribution < 1.29 is 14.9 Å². The summed E-state index contributed by atoms with van der Waals surface area (Å²) in [6, 6.07) is 0. The van der Waals surface area contributed by atoms with E-state index >= 15 is 0 Å². The van der Waals surface area contributed by atoms with Crippen LogP contribution in [-0.2, 0) is 4.74 Å². The first kappa shape index (κ1) is 34.8. The molecule has 0 aromatic rings. The molecule has 2 N–H and O–H groups in total. The van der Waals surface area contributed by atoms with E-state index in [0.717, 1.165) is 19.3 Å². The van der Waals surface area contributed by atoms with Gasteiger partial charge in [-0.05, 0) is 77.9 Å². The lowest BCUT2D eigenvalue weighted by atomic mass is 9.63. The average molecular weight is 585 g/mol. The zero-order chi connectivity index (χ0) is 32.1. The summed E-state index contributed by atoms with van der Waals surface area (Å²) >= 11 is 0. The fourth-order valence-electron chi connectivity index (χ4n) is 7.06. The van der Waals surface area contributed by atoms with Gasteiger partial charge in [-0.2, -0.15) is 0 Å². The van der Waals surface area contributed by atoms with Crippen LogP contribution in [0.4, 0.5) is 0 Å². The van der Waals surface area contributed by atoms with Gasteiger partial charge in [-0.15, -0.1) is 0 Å². The molecule has 2 fully saturated rings. The predicted octanol–water partition coefficient (Wildman–Crippen LogP) is 9.76. The highest BCUT2D eigenvalue weighted by molar-refractivity contribution is 5.39. The lowest BCUT2D eigenvalue weighted by Gasteiger charge is -2.39. The average Bonchev–Trinajstić information content (AvgIpc) is 3.49. The Balaban J connectivity index is 1.50. The van der Waals surface area contributed by atoms with Gasteiger partial charge in [0.05, 0.1) is 12.2 Å². The number of epoxide rings is 1. The monoisotopic (exact) mass is 584 g/mol. The Hall–Kier alpha value is -2.72. The Morgan fingerprint density at radius 3 is 1.72 bits per heavy atom. The van der Waals surface area contributed by atoms with Crippen LogP contribution in [0.25, 0.3) is 0 Å². The topological polar surface area (TPSA) is 53.0 Å². The molecule has 0 aromatic carbocycles. The highest BCUT2D eigenvalue weighted by Gasteiger charge is 2.74. The largest absolute Gasteiger partial charge is 0.393 e. The molecule has 3 rings (SSSR count). The van der Waals surface area contributed by atoms with Crippen molar-refractivity contribution in [3.8, 4) is 0 Å². The number of aliphatic hydroxyl groups is 2. The van der Waals surface area contributed by atoms with E-state index in [1.54, 1.807) is 0 Å². The van der Waals surface area contributed by atoms with E-state index in [0.29, 0.717) is 6.42 Å². The van der Waals surface area contributed by atoms with E-state index in [4.69, 9.17) is 4.74 Å². The van der Waals surface area contributed by atoms with Gasteiger partial charge < -0.3 is 14.9 Å². The maximum Gasteiger partial charge on any atom is 0.121 e. The lowest BCUT2D eigenvalue weighted by Crippen LogP contribution is -2.46. The minimum absolute atomic E-state index is 0.00262. The summed E-state index contributed by atoms with van der Waals surface area (Å²) in [5.74, 6) is 0. The number of allylic oxidation sites excluding steroid dienone is 18. The minimum Gasteiger partial charge on any atom is -0.393 e. The van der Waals surface area contributed by atoms with Crippen LogP contribution in [0.1, 0.15) is 94.9 Å². The molecule has 3 nitrogen and oxygen atoms in total. The van der Waals surface area contributed by atoms with Crippen molar-refractivity contribution in [3.05, 3.63) is 119 Å². The van der Waals surface area contributed by atoms with E-state index in [9.17, 15) is 10.2 Å². The van der Waals surface area contributed by atoms with Crippen molar-refractivity contribution in [2.45, 2.75) is 118 Å². The first-order valence-corrected chi connectivity index (χ1v) is 15.9. The Kier molecular flexibility index (Phi) is 11.3. The molecule has 3 heteroatoms. The van der Waals surface area contributed by atoms with Gasteiger partial charge in [0.15, 0.2) is 0 Å². The number of hydrogen-bond donors (Lipinski definition) is 2. The number of ether oxygens (including phenoxy) is 1. The molecule has 1 heterocycles. The second-order valence-electron chi connectivity index (χ2n) is 14.6. The molecule has 3 aliphatic rings. The molecule has 1 saturated heterocycles. The maximum absolute atomic E-state index is 10.2. The van der Waals surface area contributed by atoms with Gasteiger partial charge in [-0.3, -0.25) is 0 Å². The number of rotatable bonds is 10. The smallest absolute Gasteiger partial charge is 0.121 e. The molecule has 4 atom stereocenters. The Morgan fingerprint density at radius 2 is 1.19 bits per heavy atom. The molecule has 43 heavy (non-hydrogen) atoms. The Morgan fingerprint density at radius 1 is 0.674 bits per heavy atom. The highest BCUT2D eigenvalue weighted by Crippen LogP contribution is 2.66. The van der Waals surface area contributed by atoms with Crippen molar-refractivity contribution in [2.24, 2.45) is 10.8 Å². The summed E-state index contributed by atoms with van der Waals surface area (Å²) < 4.78 is 6.25. The number of fused-ring (bicyclic) bond motifs is 1. The van der Waals surface area contributed by atoms with Crippen LogP contribution in [0.2, 0.25) is 0 Å². The first-order chi connectivity index (χ1) is 20.0. The molecular formula is C40H56O3. The van der Waals surface area contributed by atoms with E-state index in [1.165, 1.54) is 33.4 Å². The van der Waals surface area contributed by atoms with E-state index in [2.05, 4.69) is 154 Å². The third-order valence-corrected chi connectivity index (χ3v) is 9.34. The summed E-state index contributed by atoms with van der Waals surface area (Å²) in [5.41, 5.74) is 6.71. The van der Waals surface area contributed by atoms with Crippen molar-refractivity contribution in [1.29, 1.82) is 0 Å². The summed E-state index contributed by atoms with van der Waals surface area (Å²) in [5, 5.41) is 20.4. The van der Waals surface area contributed by atoms with Crippen LogP contribution in [0.15, 0.2) is 119 Å². The van der Waals surface area contributed by atoms with Gasteiger partial charge in [-0.25, -0.2) is 0 Å². The molecule has 0 aromatic heterocycles. The van der Waals surface area contributed by atoms with Gasteiger partial charge in [0.1, 0.15) is 11.2 Å². The quantitative estimate of drug-likeness (QED) is 0.198. The van der Waals surface area contributed by atoms with E-state index in [1.807, 2.05) is 0 Å². The van der Waals surface area contributed by atoms with Gasteiger partial charge in [0, 0.05) is 11.8 Å². The molecular weight excluding hydrogens is 528 g/mol. The molecule has 0 amide bonds. The zero-order valence-electron chi connectivity index (χ0n) is 28.4. The fourth-order valence-corrected chi connectivity index (χ4v) is 7.06. The fraction of sp³-hybridized carbons (Fsp3) is 0.500. The minimum atomic E-state index is -0.291. The summed E-state index contributed by atoms with van der Waals surface area (Å²) in [6.45, 7) is 21.5. The summed E-state index contributed by atoms with van der Waals surface area (Å²) in [4.78, 5) is 0. The van der Waals surface area contributed by atoms with Crippen LogP contribution >= 0.6 is 0 Å². The molecule has 0 radical (unpaired) electrons. The summed E-state index contributed by atoms with van der Waals surface area (Å²) in [7, 11) is 0. The lowest BCUT2D eigenvalue weighted by molar-refractivity contribution is 0.0515. The standard InChI is InChI=1S/C40H56O3/c1-29(17-13-19-31(3)21-22-36-33(5)25-34(41)26-37(36,6)7)15-11-12-16-30(2)18-14-20-32(4)23-24-40-38(8,9)27-35(42)28-39(40,10)43-40/h11-24,34-35,41-42H,25-28H2,1-10H3/b12-11+,17-13+,18-14+,22-21+,24-23+,29-15+,30-16+,31-19+,32-20+/t34-,35+,39-,40+/m0/s1. The molecule has 1 aliphatic heterocycles. The highest BCUT2D eigenvalue weighted by atomic mass is 16.6. The second kappa shape index (κ2) is 13.9. The molecule has 1 saturated carbocycles. The number of aliphatic hydroxyl groups excluding tert-OH is 2. The van der Waals surface area contributed by atoms with Crippen LogP contribution in [0, 0.1) is 10.8 Å². The van der Waals surface area contributed by atoms with Gasteiger partial charge in [0.2, 0.25) is 0 Å². The van der Waals surface area contributed by atoms with Crippen LogP contribution in [-0.4, -0.2) is 33.6 Å². The van der Waals surface area contributed by atoms with E-state index < -0.39 is 0 Å². The second-order valence-corrected chi connectivity index (χ2v) is 14.6. The van der Waals surface area contributed by atoms with Gasteiger partial charge >= 0.3 is 0 Å². The molecule has 0 spiro atoms. The van der Waals surface area contributed by atoms with Crippen LogP contribution in [0.5, 0.6) is 0 Å². The van der Waals surface area contributed by atoms with Gasteiger partial charge in [0.25, 0.3) is 0 Å². The maximum atomic E-state index is 10.2. The van der Waals surface area contributed by atoms with E-state index in [-0.39, 0.29) is 34.2 Å². The van der Waals surface area contributed by atoms with Crippen molar-refractivity contribution >= 4 is 0 Å². The third-order valence-electron chi connectivity index (χ3n) is 9.34. The van der Waals surface area contributed by atoms with Crippen molar-refractivity contribution in [2.75, 3.05) is 0 Å².